The van der Waals surface area contributed by atoms with Crippen LogP contribution >= 0.6 is 0 Å². The minimum Gasteiger partial charge on any atom is -0.364 e. The maximum atomic E-state index is 11.9. The van der Waals surface area contributed by atoms with Gasteiger partial charge >= 0.3 is 0 Å². The summed E-state index contributed by atoms with van der Waals surface area (Å²) in [4.78, 5) is 24.2. The first kappa shape index (κ1) is 19.2. The third-order valence-corrected chi connectivity index (χ3v) is 5.63. The lowest BCUT2D eigenvalue weighted by Gasteiger charge is -2.11. The normalized spacial score (nSPS) is 21.8. The Hall–Kier alpha value is -3.11. The molecule has 1 aliphatic heterocycles. The maximum Gasteiger partial charge on any atom is 0.269 e. The summed E-state index contributed by atoms with van der Waals surface area (Å²) in [6.07, 6.45) is 3.34. The average Bonchev–Trinajstić information content (AvgIpc) is 3.24. The van der Waals surface area contributed by atoms with Crippen molar-refractivity contribution >= 4 is 12.3 Å². The SMILES string of the molecule is C[C@H]1CCc2c1c(C(N)=O)nn2-c1cccc(C#C[C@]2(CCN(C)C=O)CO2)c1. The molecule has 2 amide bonds. The molecule has 1 aromatic heterocycles. The lowest BCUT2D eigenvalue weighted by Crippen LogP contribution is -2.22. The largest absolute Gasteiger partial charge is 0.364 e. The third-order valence-electron chi connectivity index (χ3n) is 5.63. The summed E-state index contributed by atoms with van der Waals surface area (Å²) in [7, 11) is 1.74. The number of carbonyl (C=O) groups excluding carboxylic acids is 2. The molecular formula is C22H24N4O3. The zero-order valence-corrected chi connectivity index (χ0v) is 16.6. The van der Waals surface area contributed by atoms with Crippen molar-refractivity contribution in [3.63, 3.8) is 0 Å². The fourth-order valence-corrected chi connectivity index (χ4v) is 3.79. The first-order valence-electron chi connectivity index (χ1n) is 9.77. The Balaban J connectivity index is 1.60. The Bertz CT molecular complexity index is 1030. The second kappa shape index (κ2) is 7.37. The summed E-state index contributed by atoms with van der Waals surface area (Å²) in [5.41, 5.74) is 9.19. The van der Waals surface area contributed by atoms with Gasteiger partial charge < -0.3 is 15.4 Å². The highest BCUT2D eigenvalue weighted by Crippen LogP contribution is 2.36. The minimum absolute atomic E-state index is 0.278. The van der Waals surface area contributed by atoms with Crippen molar-refractivity contribution in [2.45, 2.75) is 37.7 Å². The molecule has 2 aliphatic rings. The van der Waals surface area contributed by atoms with Crippen LogP contribution in [0.25, 0.3) is 5.69 Å². The standard InChI is InChI=1S/C22H24N4O3/c1-15-6-7-18-19(15)20(21(23)28)24-26(18)17-5-3-4-16(12-17)8-9-22(13-29-22)10-11-25(2)14-27/h3-5,12,14-15H,6-7,10-11,13H2,1-2H3,(H2,23,28)/t15-,22-/m0/s1. The van der Waals surface area contributed by atoms with E-state index in [9.17, 15) is 9.59 Å². The molecule has 7 nitrogen and oxygen atoms in total. The predicted octanol–water partition coefficient (Wildman–Crippen LogP) is 1.62. The van der Waals surface area contributed by atoms with E-state index in [-0.39, 0.29) is 5.92 Å². The molecule has 1 fully saturated rings. The zero-order chi connectivity index (χ0) is 20.6. The number of ether oxygens (including phenoxy) is 1. The topological polar surface area (TPSA) is 93.8 Å². The molecule has 0 saturated carbocycles. The van der Waals surface area contributed by atoms with Gasteiger partial charge in [0, 0.05) is 36.8 Å². The molecule has 2 N–H and O–H groups in total. The lowest BCUT2D eigenvalue weighted by molar-refractivity contribution is -0.117. The number of nitrogens with zero attached hydrogens (tertiary/aromatic N) is 3. The van der Waals surface area contributed by atoms with E-state index < -0.39 is 11.5 Å². The Kier molecular flexibility index (Phi) is 4.89. The van der Waals surface area contributed by atoms with E-state index in [0.717, 1.165) is 41.8 Å². The highest BCUT2D eigenvalue weighted by Gasteiger charge is 2.42. The number of aromatic nitrogens is 2. The highest BCUT2D eigenvalue weighted by molar-refractivity contribution is 5.93. The number of amides is 2. The van der Waals surface area contributed by atoms with Crippen LogP contribution in [0.1, 0.15) is 53.0 Å². The van der Waals surface area contributed by atoms with Crippen LogP contribution in [0.2, 0.25) is 0 Å². The van der Waals surface area contributed by atoms with E-state index >= 15 is 0 Å². The van der Waals surface area contributed by atoms with Gasteiger partial charge in [0.05, 0.1) is 12.3 Å². The number of epoxide rings is 1. The number of primary amides is 1. The Morgan fingerprint density at radius 1 is 1.52 bits per heavy atom. The second-order valence-corrected chi connectivity index (χ2v) is 7.84. The van der Waals surface area contributed by atoms with Gasteiger partial charge in [-0.05, 0) is 37.0 Å². The van der Waals surface area contributed by atoms with Crippen LogP contribution in [0.5, 0.6) is 0 Å². The molecular weight excluding hydrogens is 368 g/mol. The molecule has 7 heteroatoms. The van der Waals surface area contributed by atoms with Gasteiger partial charge in [0.1, 0.15) is 0 Å². The molecule has 1 aliphatic carbocycles. The Labute approximate surface area is 169 Å². The van der Waals surface area contributed by atoms with Gasteiger partial charge in [-0.15, -0.1) is 0 Å². The van der Waals surface area contributed by atoms with Crippen LogP contribution in [-0.2, 0) is 16.0 Å². The fourth-order valence-electron chi connectivity index (χ4n) is 3.79. The second-order valence-electron chi connectivity index (χ2n) is 7.84. The van der Waals surface area contributed by atoms with Crippen molar-refractivity contribution in [1.29, 1.82) is 0 Å². The van der Waals surface area contributed by atoms with Crippen molar-refractivity contribution in [2.24, 2.45) is 5.73 Å². The molecule has 2 aromatic rings. The lowest BCUT2D eigenvalue weighted by atomic mass is 10.0. The van der Waals surface area contributed by atoms with Crippen LogP contribution in [0, 0.1) is 11.8 Å². The first-order chi connectivity index (χ1) is 13.9. The Morgan fingerprint density at radius 3 is 3.00 bits per heavy atom. The molecule has 0 radical (unpaired) electrons. The molecule has 2 heterocycles. The first-order valence-corrected chi connectivity index (χ1v) is 9.77. The summed E-state index contributed by atoms with van der Waals surface area (Å²) < 4.78 is 7.37. The van der Waals surface area contributed by atoms with Gasteiger partial charge in [-0.3, -0.25) is 9.59 Å². The fraction of sp³-hybridized carbons (Fsp3) is 0.409. The van der Waals surface area contributed by atoms with E-state index in [4.69, 9.17) is 10.5 Å². The number of hydrogen-bond donors (Lipinski definition) is 1. The molecule has 1 aromatic carbocycles. The quantitative estimate of drug-likeness (QED) is 0.459. The van der Waals surface area contributed by atoms with E-state index in [1.54, 1.807) is 11.9 Å². The van der Waals surface area contributed by atoms with Crippen molar-refractivity contribution in [2.75, 3.05) is 20.2 Å². The number of nitrogens with two attached hydrogens (primary N) is 1. The summed E-state index contributed by atoms with van der Waals surface area (Å²) in [5.74, 6) is 6.19. The van der Waals surface area contributed by atoms with Crippen LogP contribution < -0.4 is 5.73 Å². The van der Waals surface area contributed by atoms with Crippen LogP contribution in [-0.4, -0.2) is 52.8 Å². The van der Waals surface area contributed by atoms with Crippen molar-refractivity contribution in [3.05, 3.63) is 46.8 Å². The molecule has 0 spiro atoms. The number of hydrogen-bond acceptors (Lipinski definition) is 4. The van der Waals surface area contributed by atoms with Gasteiger partial charge in [0.2, 0.25) is 6.41 Å². The summed E-state index contributed by atoms with van der Waals surface area (Å²) in [5, 5.41) is 4.50. The van der Waals surface area contributed by atoms with Gasteiger partial charge in [0.25, 0.3) is 5.91 Å². The average molecular weight is 392 g/mol. The molecule has 29 heavy (non-hydrogen) atoms. The third kappa shape index (κ3) is 3.76. The van der Waals surface area contributed by atoms with Gasteiger partial charge in [-0.2, -0.15) is 5.10 Å². The molecule has 0 unspecified atom stereocenters. The minimum atomic E-state index is -0.488. The number of rotatable bonds is 6. The molecule has 150 valence electrons. The van der Waals surface area contributed by atoms with Gasteiger partial charge in [0.15, 0.2) is 11.3 Å². The number of fused-ring (bicyclic) bond motifs is 1. The number of carbonyl (C=O) groups is 2. The van der Waals surface area contributed by atoms with E-state index in [1.807, 2.05) is 28.9 Å². The van der Waals surface area contributed by atoms with E-state index in [2.05, 4.69) is 23.9 Å². The number of benzene rings is 1. The smallest absolute Gasteiger partial charge is 0.269 e. The van der Waals surface area contributed by atoms with Gasteiger partial charge in [-0.1, -0.05) is 24.8 Å². The van der Waals surface area contributed by atoms with Crippen LogP contribution in [0.3, 0.4) is 0 Å². The van der Waals surface area contributed by atoms with E-state index in [0.29, 0.717) is 25.3 Å². The summed E-state index contributed by atoms with van der Waals surface area (Å²) >= 11 is 0. The van der Waals surface area contributed by atoms with Crippen molar-refractivity contribution in [3.8, 4) is 17.5 Å². The van der Waals surface area contributed by atoms with Crippen LogP contribution in [0.15, 0.2) is 24.3 Å². The molecule has 2 atom stereocenters. The van der Waals surface area contributed by atoms with Crippen molar-refractivity contribution < 1.29 is 14.3 Å². The summed E-state index contributed by atoms with van der Waals surface area (Å²) in [6.45, 7) is 3.29. The molecule has 4 rings (SSSR count). The monoisotopic (exact) mass is 392 g/mol. The molecule has 1 saturated heterocycles. The summed E-state index contributed by atoms with van der Waals surface area (Å²) in [6, 6.07) is 7.78. The van der Waals surface area contributed by atoms with Gasteiger partial charge in [-0.25, -0.2) is 4.68 Å². The van der Waals surface area contributed by atoms with E-state index in [1.165, 1.54) is 0 Å². The van der Waals surface area contributed by atoms with Crippen LogP contribution in [0.4, 0.5) is 0 Å². The predicted molar refractivity (Wildman–Crippen MR) is 108 cm³/mol. The zero-order valence-electron chi connectivity index (χ0n) is 16.6. The maximum absolute atomic E-state index is 11.9. The van der Waals surface area contributed by atoms with Crippen molar-refractivity contribution in [1.82, 2.24) is 14.7 Å². The molecule has 0 bridgehead atoms. The highest BCUT2D eigenvalue weighted by atomic mass is 16.6. The Morgan fingerprint density at radius 2 is 2.31 bits per heavy atom.